The van der Waals surface area contributed by atoms with Gasteiger partial charge in [0.2, 0.25) is 0 Å². The van der Waals surface area contributed by atoms with E-state index in [1.165, 1.54) is 0 Å². The van der Waals surface area contributed by atoms with Crippen LogP contribution in [0.3, 0.4) is 0 Å². The normalized spacial score (nSPS) is 13.3. The van der Waals surface area contributed by atoms with E-state index in [2.05, 4.69) is 6.58 Å². The van der Waals surface area contributed by atoms with E-state index in [-0.39, 0.29) is 13.2 Å². The summed E-state index contributed by atoms with van der Waals surface area (Å²) in [5.41, 5.74) is 0. The van der Waals surface area contributed by atoms with Crippen LogP contribution in [-0.2, 0) is 9.53 Å². The number of aliphatic hydroxyl groups excluding tert-OH is 2. The Balaban J connectivity index is 3.82. The van der Waals surface area contributed by atoms with Crippen LogP contribution in [0, 0.1) is 0 Å². The Bertz CT molecular complexity index is 215. The van der Waals surface area contributed by atoms with Crippen LogP contribution in [-0.4, -0.2) is 67.2 Å². The summed E-state index contributed by atoms with van der Waals surface area (Å²) in [7, 11) is 3.78. The molecule has 0 aliphatic rings. The van der Waals surface area contributed by atoms with Gasteiger partial charge in [0.25, 0.3) is 0 Å². The van der Waals surface area contributed by atoms with Gasteiger partial charge >= 0.3 is 5.97 Å². The first-order chi connectivity index (χ1) is 6.91. The zero-order valence-corrected chi connectivity index (χ0v) is 9.35. The summed E-state index contributed by atoms with van der Waals surface area (Å²) in [6.45, 7) is 4.30. The molecule has 88 valence electrons. The lowest BCUT2D eigenvalue weighted by atomic mass is 10.3. The lowest BCUT2D eigenvalue weighted by Gasteiger charge is -2.30. The highest BCUT2D eigenvalue weighted by molar-refractivity contribution is 5.81. The monoisotopic (exact) mass is 218 g/mol. The van der Waals surface area contributed by atoms with E-state index < -0.39 is 12.1 Å². The maximum Gasteiger partial charge on any atom is 0.330 e. The fourth-order valence-electron chi connectivity index (χ4n) is 1.17. The average molecular weight is 218 g/mol. The lowest BCUT2D eigenvalue weighted by molar-refractivity contribution is -0.893. The minimum absolute atomic E-state index is 0.256. The highest BCUT2D eigenvalue weighted by Gasteiger charge is 2.20. The van der Waals surface area contributed by atoms with Crippen molar-refractivity contribution in [3.05, 3.63) is 12.7 Å². The number of rotatable bonds is 7. The van der Waals surface area contributed by atoms with Crippen molar-refractivity contribution in [2.45, 2.75) is 6.10 Å². The largest absolute Gasteiger partial charge is 0.457 e. The van der Waals surface area contributed by atoms with Gasteiger partial charge in [0, 0.05) is 6.08 Å². The molecule has 0 spiro atoms. The standard InChI is InChI=1S/C10H20NO4/c1-4-10(14)15-6-5-11(2,3)7-9(13)8-12/h4,9,12-13H,1,5-8H2,2-3H3/q+1. The summed E-state index contributed by atoms with van der Waals surface area (Å²) >= 11 is 0. The van der Waals surface area contributed by atoms with Gasteiger partial charge in [0.05, 0.1) is 20.7 Å². The molecule has 0 saturated heterocycles. The Morgan fingerprint density at radius 2 is 2.20 bits per heavy atom. The molecule has 0 bridgehead atoms. The van der Waals surface area contributed by atoms with E-state index >= 15 is 0 Å². The molecular weight excluding hydrogens is 198 g/mol. The number of likely N-dealkylation sites (N-methyl/N-ethyl adjacent to an activating group) is 1. The number of hydrogen-bond acceptors (Lipinski definition) is 4. The first-order valence-electron chi connectivity index (χ1n) is 4.81. The van der Waals surface area contributed by atoms with Crippen LogP contribution in [0.15, 0.2) is 12.7 Å². The molecule has 15 heavy (non-hydrogen) atoms. The number of quaternary nitrogens is 1. The molecule has 0 aliphatic heterocycles. The van der Waals surface area contributed by atoms with Crippen molar-refractivity contribution < 1.29 is 24.2 Å². The van der Waals surface area contributed by atoms with E-state index in [0.29, 0.717) is 17.6 Å². The van der Waals surface area contributed by atoms with Gasteiger partial charge in [-0.25, -0.2) is 4.79 Å². The van der Waals surface area contributed by atoms with Gasteiger partial charge in [-0.3, -0.25) is 0 Å². The summed E-state index contributed by atoms with van der Waals surface area (Å²) in [5, 5.41) is 17.9. The molecule has 5 heteroatoms. The fraction of sp³-hybridized carbons (Fsp3) is 0.700. The zero-order chi connectivity index (χ0) is 11.9. The maximum absolute atomic E-state index is 10.7. The zero-order valence-electron chi connectivity index (χ0n) is 9.35. The van der Waals surface area contributed by atoms with Gasteiger partial charge < -0.3 is 19.4 Å². The molecule has 0 radical (unpaired) electrons. The second-order valence-corrected chi connectivity index (χ2v) is 4.05. The first-order valence-corrected chi connectivity index (χ1v) is 4.81. The minimum atomic E-state index is -0.741. The Morgan fingerprint density at radius 1 is 1.60 bits per heavy atom. The molecule has 0 heterocycles. The number of ether oxygens (including phenoxy) is 1. The molecule has 0 aromatic carbocycles. The number of carbonyl (C=O) groups is 1. The van der Waals surface area contributed by atoms with Crippen molar-refractivity contribution in [2.24, 2.45) is 0 Å². The van der Waals surface area contributed by atoms with Crippen molar-refractivity contribution in [3.63, 3.8) is 0 Å². The van der Waals surface area contributed by atoms with E-state index in [9.17, 15) is 9.90 Å². The molecule has 0 amide bonds. The van der Waals surface area contributed by atoms with Crippen LogP contribution < -0.4 is 0 Å². The smallest absolute Gasteiger partial charge is 0.330 e. The number of carbonyl (C=O) groups excluding carboxylic acids is 1. The van der Waals surface area contributed by atoms with Gasteiger partial charge in [-0.15, -0.1) is 0 Å². The Morgan fingerprint density at radius 3 is 2.67 bits per heavy atom. The van der Waals surface area contributed by atoms with E-state index in [0.717, 1.165) is 6.08 Å². The van der Waals surface area contributed by atoms with Crippen molar-refractivity contribution in [3.8, 4) is 0 Å². The van der Waals surface area contributed by atoms with Crippen LogP contribution in [0.2, 0.25) is 0 Å². The van der Waals surface area contributed by atoms with Crippen molar-refractivity contribution in [1.82, 2.24) is 0 Å². The Kier molecular flexibility index (Phi) is 6.15. The predicted molar refractivity (Wildman–Crippen MR) is 56.1 cm³/mol. The number of nitrogens with zero attached hydrogens (tertiary/aromatic N) is 1. The minimum Gasteiger partial charge on any atom is -0.457 e. The van der Waals surface area contributed by atoms with Gasteiger partial charge in [-0.1, -0.05) is 6.58 Å². The third-order valence-corrected chi connectivity index (χ3v) is 2.02. The number of aliphatic hydroxyl groups is 2. The SMILES string of the molecule is C=CC(=O)OCC[N+](C)(C)CC(O)CO. The highest BCUT2D eigenvalue weighted by Crippen LogP contribution is 1.99. The Labute approximate surface area is 90.2 Å². The molecule has 0 saturated carbocycles. The average Bonchev–Trinajstić information content (AvgIpc) is 2.16. The van der Waals surface area contributed by atoms with E-state index in [1.807, 2.05) is 14.1 Å². The van der Waals surface area contributed by atoms with E-state index in [1.54, 1.807) is 0 Å². The summed E-state index contributed by atoms with van der Waals surface area (Å²) in [5.74, 6) is -0.447. The third-order valence-electron chi connectivity index (χ3n) is 2.02. The van der Waals surface area contributed by atoms with Crippen molar-refractivity contribution in [2.75, 3.05) is 40.4 Å². The second-order valence-electron chi connectivity index (χ2n) is 4.05. The van der Waals surface area contributed by atoms with Crippen molar-refractivity contribution >= 4 is 5.97 Å². The topological polar surface area (TPSA) is 66.8 Å². The second kappa shape index (κ2) is 6.55. The predicted octanol–water partition coefficient (Wildman–Crippen LogP) is -0.855. The van der Waals surface area contributed by atoms with Gasteiger partial charge in [-0.2, -0.15) is 0 Å². The summed E-state index contributed by atoms with van der Waals surface area (Å²) in [6, 6.07) is 0. The maximum atomic E-state index is 10.7. The molecule has 0 aromatic rings. The Hall–Kier alpha value is -0.910. The molecule has 0 rings (SSSR count). The summed E-state index contributed by atoms with van der Waals surface area (Å²) < 4.78 is 5.30. The number of hydrogen-bond donors (Lipinski definition) is 2. The highest BCUT2D eigenvalue weighted by atomic mass is 16.5. The van der Waals surface area contributed by atoms with Crippen LogP contribution in [0.5, 0.6) is 0 Å². The first kappa shape index (κ1) is 14.1. The fourth-order valence-corrected chi connectivity index (χ4v) is 1.17. The van der Waals surface area contributed by atoms with Crippen molar-refractivity contribution in [1.29, 1.82) is 0 Å². The number of esters is 1. The molecule has 0 aromatic heterocycles. The molecule has 0 aliphatic carbocycles. The van der Waals surface area contributed by atoms with Crippen LogP contribution in [0.4, 0.5) is 0 Å². The van der Waals surface area contributed by atoms with Gasteiger partial charge in [0.1, 0.15) is 25.8 Å². The molecule has 5 nitrogen and oxygen atoms in total. The summed E-state index contributed by atoms with van der Waals surface area (Å²) in [4.78, 5) is 10.7. The third kappa shape index (κ3) is 7.07. The molecular formula is C10H20NO4+. The van der Waals surface area contributed by atoms with Gasteiger partial charge in [0.15, 0.2) is 0 Å². The molecule has 1 atom stereocenters. The van der Waals surface area contributed by atoms with Crippen LogP contribution >= 0.6 is 0 Å². The quantitative estimate of drug-likeness (QED) is 0.332. The van der Waals surface area contributed by atoms with Crippen LogP contribution in [0.1, 0.15) is 0 Å². The van der Waals surface area contributed by atoms with E-state index in [4.69, 9.17) is 9.84 Å². The van der Waals surface area contributed by atoms with Gasteiger partial charge in [-0.05, 0) is 0 Å². The van der Waals surface area contributed by atoms with Crippen LogP contribution in [0.25, 0.3) is 0 Å². The molecule has 2 N–H and O–H groups in total. The summed E-state index contributed by atoms with van der Waals surface area (Å²) in [6.07, 6.45) is 0.373. The molecule has 0 fully saturated rings. The molecule has 1 unspecified atom stereocenters. The lowest BCUT2D eigenvalue weighted by Crippen LogP contribution is -2.48.